The van der Waals surface area contributed by atoms with Crippen LogP contribution in [0.25, 0.3) is 0 Å². The summed E-state index contributed by atoms with van der Waals surface area (Å²) in [6.45, 7) is 2.92. The number of hydrogen-bond acceptors (Lipinski definition) is 2. The summed E-state index contributed by atoms with van der Waals surface area (Å²) in [7, 11) is 0. The van der Waals surface area contributed by atoms with E-state index in [2.05, 4.69) is 26.2 Å². The monoisotopic (exact) mass is 276 g/mol. The van der Waals surface area contributed by atoms with Crippen molar-refractivity contribution in [3.8, 4) is 0 Å². The minimum absolute atomic E-state index is 0.254. The summed E-state index contributed by atoms with van der Waals surface area (Å²) >= 11 is 9.26. The number of nitrogens with one attached hydrogen (secondary N) is 1. The van der Waals surface area contributed by atoms with E-state index >= 15 is 0 Å². The van der Waals surface area contributed by atoms with Gasteiger partial charge in [-0.05, 0) is 47.8 Å². The van der Waals surface area contributed by atoms with Crippen molar-refractivity contribution >= 4 is 33.3 Å². The van der Waals surface area contributed by atoms with Crippen molar-refractivity contribution in [2.45, 2.75) is 25.1 Å². The number of anilines is 1. The molecule has 2 nitrogen and oxygen atoms in total. The molecule has 0 aromatic carbocycles. The molecule has 0 spiro atoms. The van der Waals surface area contributed by atoms with Gasteiger partial charge in [-0.1, -0.05) is 0 Å². The minimum Gasteiger partial charge on any atom is -0.369 e. The third-order valence-corrected chi connectivity index (χ3v) is 2.69. The molecule has 0 aliphatic carbocycles. The second-order valence-electron chi connectivity index (χ2n) is 3.18. The molecule has 1 aromatic heterocycles. The van der Waals surface area contributed by atoms with Crippen LogP contribution < -0.4 is 5.32 Å². The highest BCUT2D eigenvalue weighted by Gasteiger charge is 1.99. The van der Waals surface area contributed by atoms with E-state index in [1.807, 2.05) is 19.1 Å². The maximum absolute atomic E-state index is 5.84. The first kappa shape index (κ1) is 11.8. The van der Waals surface area contributed by atoms with Crippen LogP contribution >= 0.6 is 27.5 Å². The quantitative estimate of drug-likeness (QED) is 0.656. The van der Waals surface area contributed by atoms with Gasteiger partial charge in [0.15, 0.2) is 0 Å². The van der Waals surface area contributed by atoms with Gasteiger partial charge in [-0.2, -0.15) is 0 Å². The average molecular weight is 278 g/mol. The van der Waals surface area contributed by atoms with Crippen LogP contribution in [0.15, 0.2) is 22.8 Å². The standard InChI is InChI=1S/C10H14BrClN2/c1-8(12)4-2-6-13-10-9(11)5-3-7-14-10/h3,5,7-8H,2,4,6H2,1H3,(H,13,14). The second-order valence-corrected chi connectivity index (χ2v) is 4.78. The topological polar surface area (TPSA) is 24.9 Å². The van der Waals surface area contributed by atoms with Crippen molar-refractivity contribution < 1.29 is 0 Å². The van der Waals surface area contributed by atoms with Gasteiger partial charge in [0.05, 0.1) is 4.47 Å². The summed E-state index contributed by atoms with van der Waals surface area (Å²) in [4.78, 5) is 4.20. The Bertz CT molecular complexity index is 279. The fourth-order valence-electron chi connectivity index (χ4n) is 1.11. The van der Waals surface area contributed by atoms with Crippen LogP contribution in [-0.4, -0.2) is 16.9 Å². The van der Waals surface area contributed by atoms with E-state index in [1.165, 1.54) is 0 Å². The molecule has 14 heavy (non-hydrogen) atoms. The van der Waals surface area contributed by atoms with Gasteiger partial charge in [-0.25, -0.2) is 4.98 Å². The Balaban J connectivity index is 2.28. The Kier molecular flexibility index (Phi) is 5.26. The van der Waals surface area contributed by atoms with Crippen LogP contribution in [0.5, 0.6) is 0 Å². The maximum Gasteiger partial charge on any atom is 0.140 e. The van der Waals surface area contributed by atoms with Crippen LogP contribution in [0.3, 0.4) is 0 Å². The number of nitrogens with zero attached hydrogens (tertiary/aromatic N) is 1. The fourth-order valence-corrected chi connectivity index (χ4v) is 1.66. The molecule has 0 fully saturated rings. The molecule has 1 heterocycles. The molecule has 0 saturated heterocycles. The molecular weight excluding hydrogens is 263 g/mol. The molecule has 1 aromatic rings. The molecule has 0 radical (unpaired) electrons. The van der Waals surface area contributed by atoms with Crippen molar-refractivity contribution in [1.82, 2.24) is 4.98 Å². The molecule has 1 N–H and O–H groups in total. The highest BCUT2D eigenvalue weighted by Crippen LogP contribution is 2.18. The lowest BCUT2D eigenvalue weighted by atomic mass is 10.2. The molecule has 1 unspecified atom stereocenters. The number of pyridine rings is 1. The molecule has 1 atom stereocenters. The van der Waals surface area contributed by atoms with Gasteiger partial charge in [0.1, 0.15) is 5.82 Å². The van der Waals surface area contributed by atoms with E-state index in [4.69, 9.17) is 11.6 Å². The predicted octanol–water partition coefficient (Wildman–Crippen LogP) is 3.66. The van der Waals surface area contributed by atoms with Crippen molar-refractivity contribution in [3.63, 3.8) is 0 Å². The number of aromatic nitrogens is 1. The van der Waals surface area contributed by atoms with E-state index in [0.29, 0.717) is 0 Å². The van der Waals surface area contributed by atoms with Crippen molar-refractivity contribution in [3.05, 3.63) is 22.8 Å². The fraction of sp³-hybridized carbons (Fsp3) is 0.500. The lowest BCUT2D eigenvalue weighted by Crippen LogP contribution is -2.05. The molecule has 0 aliphatic heterocycles. The SMILES string of the molecule is CC(Cl)CCCNc1ncccc1Br. The molecule has 0 bridgehead atoms. The summed E-state index contributed by atoms with van der Waals surface area (Å²) in [5, 5.41) is 3.51. The number of halogens is 2. The number of rotatable bonds is 5. The third kappa shape index (κ3) is 4.29. The zero-order chi connectivity index (χ0) is 10.4. The molecule has 1 rings (SSSR count). The average Bonchev–Trinajstić information content (AvgIpc) is 2.15. The van der Waals surface area contributed by atoms with Crippen LogP contribution in [0.2, 0.25) is 0 Å². The first-order valence-corrected chi connectivity index (χ1v) is 5.91. The van der Waals surface area contributed by atoms with Gasteiger partial charge >= 0.3 is 0 Å². The third-order valence-electron chi connectivity index (χ3n) is 1.83. The lowest BCUT2D eigenvalue weighted by Gasteiger charge is -2.07. The highest BCUT2D eigenvalue weighted by atomic mass is 79.9. The second kappa shape index (κ2) is 6.25. The largest absolute Gasteiger partial charge is 0.369 e. The van der Waals surface area contributed by atoms with Gasteiger partial charge in [0, 0.05) is 18.1 Å². The zero-order valence-corrected chi connectivity index (χ0v) is 10.5. The normalized spacial score (nSPS) is 12.5. The summed E-state index contributed by atoms with van der Waals surface area (Å²) in [6.07, 6.45) is 3.87. The maximum atomic E-state index is 5.84. The molecule has 4 heteroatoms. The van der Waals surface area contributed by atoms with Gasteiger partial charge in [-0.15, -0.1) is 11.6 Å². The van der Waals surface area contributed by atoms with E-state index < -0.39 is 0 Å². The van der Waals surface area contributed by atoms with E-state index in [-0.39, 0.29) is 5.38 Å². The van der Waals surface area contributed by atoms with Gasteiger partial charge in [0.25, 0.3) is 0 Å². The van der Waals surface area contributed by atoms with E-state index in [1.54, 1.807) is 6.20 Å². The summed E-state index contributed by atoms with van der Waals surface area (Å²) in [5.41, 5.74) is 0. The predicted molar refractivity (Wildman–Crippen MR) is 65.0 cm³/mol. The van der Waals surface area contributed by atoms with Crippen molar-refractivity contribution in [2.24, 2.45) is 0 Å². The summed E-state index contributed by atoms with van der Waals surface area (Å²) in [5.74, 6) is 0.898. The molecular formula is C10H14BrClN2. The van der Waals surface area contributed by atoms with E-state index in [9.17, 15) is 0 Å². The Hall–Kier alpha value is -0.280. The summed E-state index contributed by atoms with van der Waals surface area (Å²) < 4.78 is 0.999. The minimum atomic E-state index is 0.254. The van der Waals surface area contributed by atoms with Crippen LogP contribution in [0.4, 0.5) is 5.82 Å². The highest BCUT2D eigenvalue weighted by molar-refractivity contribution is 9.10. The Morgan fingerprint density at radius 2 is 2.43 bits per heavy atom. The Morgan fingerprint density at radius 3 is 3.07 bits per heavy atom. The van der Waals surface area contributed by atoms with Crippen LogP contribution in [0.1, 0.15) is 19.8 Å². The van der Waals surface area contributed by atoms with E-state index in [0.717, 1.165) is 29.7 Å². The Labute approximate surface area is 98.2 Å². The summed E-state index contributed by atoms with van der Waals surface area (Å²) in [6, 6.07) is 3.87. The first-order valence-electron chi connectivity index (χ1n) is 4.68. The lowest BCUT2D eigenvalue weighted by molar-refractivity contribution is 0.749. The van der Waals surface area contributed by atoms with Gasteiger partial charge in [-0.3, -0.25) is 0 Å². The Morgan fingerprint density at radius 1 is 1.64 bits per heavy atom. The molecule has 0 saturated carbocycles. The molecule has 0 aliphatic rings. The van der Waals surface area contributed by atoms with Gasteiger partial charge < -0.3 is 5.32 Å². The number of hydrogen-bond donors (Lipinski definition) is 1. The van der Waals surface area contributed by atoms with Gasteiger partial charge in [0.2, 0.25) is 0 Å². The van der Waals surface area contributed by atoms with Crippen LogP contribution in [-0.2, 0) is 0 Å². The first-order chi connectivity index (χ1) is 6.70. The van der Waals surface area contributed by atoms with Crippen molar-refractivity contribution in [1.29, 1.82) is 0 Å². The molecule has 78 valence electrons. The smallest absolute Gasteiger partial charge is 0.140 e. The number of alkyl halides is 1. The zero-order valence-electron chi connectivity index (χ0n) is 8.13. The van der Waals surface area contributed by atoms with Crippen LogP contribution in [0, 0.1) is 0 Å². The van der Waals surface area contributed by atoms with Crippen molar-refractivity contribution in [2.75, 3.05) is 11.9 Å². The molecule has 0 amide bonds.